The van der Waals surface area contributed by atoms with E-state index >= 15 is 0 Å². The first-order valence-electron chi connectivity index (χ1n) is 6.48. The van der Waals surface area contributed by atoms with Gasteiger partial charge in [0, 0.05) is 13.2 Å². The van der Waals surface area contributed by atoms with Crippen molar-refractivity contribution >= 4 is 23.3 Å². The second kappa shape index (κ2) is 6.21. The predicted molar refractivity (Wildman–Crippen MR) is 79.5 cm³/mol. The van der Waals surface area contributed by atoms with Gasteiger partial charge in [0.2, 0.25) is 0 Å². The van der Waals surface area contributed by atoms with Crippen molar-refractivity contribution in [1.29, 1.82) is 0 Å². The summed E-state index contributed by atoms with van der Waals surface area (Å²) >= 11 is 5.45. The lowest BCUT2D eigenvalue weighted by molar-refractivity contribution is 0.151. The van der Waals surface area contributed by atoms with Crippen LogP contribution in [-0.2, 0) is 4.74 Å². The zero-order valence-electron chi connectivity index (χ0n) is 11.6. The molecule has 0 saturated heterocycles. The first-order chi connectivity index (χ1) is 9.21. The highest BCUT2D eigenvalue weighted by molar-refractivity contribution is 7.71. The average Bonchev–Trinajstić information content (AvgIpc) is 2.73. The zero-order valence-corrected chi connectivity index (χ0v) is 12.4. The Kier molecular flexibility index (Phi) is 4.61. The van der Waals surface area contributed by atoms with Crippen molar-refractivity contribution in [2.75, 3.05) is 20.8 Å². The van der Waals surface area contributed by atoms with Gasteiger partial charge in [-0.25, -0.2) is 0 Å². The minimum atomic E-state index is 0.268. The molecule has 0 spiro atoms. The Morgan fingerprint density at radius 1 is 1.37 bits per heavy atom. The van der Waals surface area contributed by atoms with E-state index in [2.05, 4.69) is 16.5 Å². The molecular formula is C14H20N2O2S. The fourth-order valence-electron chi connectivity index (χ4n) is 2.41. The maximum Gasteiger partial charge on any atom is 0.178 e. The van der Waals surface area contributed by atoms with Crippen molar-refractivity contribution in [2.24, 2.45) is 0 Å². The molecule has 1 unspecified atom stereocenters. The van der Waals surface area contributed by atoms with Crippen molar-refractivity contribution in [3.05, 3.63) is 23.0 Å². The number of hydrogen-bond acceptors (Lipinski definition) is 3. The topological polar surface area (TPSA) is 39.2 Å². The highest BCUT2D eigenvalue weighted by atomic mass is 32.1. The summed E-state index contributed by atoms with van der Waals surface area (Å²) in [6.45, 7) is 2.84. The van der Waals surface area contributed by atoms with E-state index < -0.39 is 0 Å². The number of rotatable bonds is 6. The Balaban J connectivity index is 2.52. The van der Waals surface area contributed by atoms with Crippen molar-refractivity contribution < 1.29 is 9.47 Å². The summed E-state index contributed by atoms with van der Waals surface area (Å²) in [5.74, 6) is 0.828. The lowest BCUT2D eigenvalue weighted by atomic mass is 10.1. The fourth-order valence-corrected chi connectivity index (χ4v) is 2.77. The van der Waals surface area contributed by atoms with Gasteiger partial charge in [-0.2, -0.15) is 0 Å². The molecule has 0 bridgehead atoms. The van der Waals surface area contributed by atoms with Crippen molar-refractivity contribution in [1.82, 2.24) is 9.55 Å². The molecule has 1 aromatic carbocycles. The number of ether oxygens (including phenoxy) is 2. The van der Waals surface area contributed by atoms with Gasteiger partial charge in [-0.15, -0.1) is 0 Å². The minimum absolute atomic E-state index is 0.268. The molecule has 104 valence electrons. The fraction of sp³-hybridized carbons (Fsp3) is 0.500. The number of H-pyrrole nitrogens is 1. The molecule has 0 saturated carbocycles. The second-order valence-electron chi connectivity index (χ2n) is 4.58. The van der Waals surface area contributed by atoms with Gasteiger partial charge in [0.25, 0.3) is 0 Å². The summed E-state index contributed by atoms with van der Waals surface area (Å²) in [5, 5.41) is 0. The summed E-state index contributed by atoms with van der Waals surface area (Å²) in [6, 6.07) is 6.23. The van der Waals surface area contributed by atoms with E-state index in [1.54, 1.807) is 14.2 Å². The van der Waals surface area contributed by atoms with E-state index in [0.29, 0.717) is 6.61 Å². The Morgan fingerprint density at radius 3 is 2.79 bits per heavy atom. The van der Waals surface area contributed by atoms with Crippen LogP contribution in [0.5, 0.6) is 5.75 Å². The normalized spacial score (nSPS) is 12.8. The van der Waals surface area contributed by atoms with Gasteiger partial charge >= 0.3 is 0 Å². The first-order valence-corrected chi connectivity index (χ1v) is 6.89. The molecule has 19 heavy (non-hydrogen) atoms. The molecule has 5 heteroatoms. The second-order valence-corrected chi connectivity index (χ2v) is 4.97. The number of benzene rings is 1. The van der Waals surface area contributed by atoms with Gasteiger partial charge < -0.3 is 19.0 Å². The Bertz CT molecular complexity index is 597. The molecule has 0 amide bonds. The van der Waals surface area contributed by atoms with Crippen LogP contribution in [0.25, 0.3) is 11.0 Å². The van der Waals surface area contributed by atoms with Crippen LogP contribution in [0.15, 0.2) is 18.2 Å². The quantitative estimate of drug-likeness (QED) is 0.820. The number of fused-ring (bicyclic) bond motifs is 1. The predicted octanol–water partition coefficient (Wildman–Crippen LogP) is 3.70. The Morgan fingerprint density at radius 2 is 2.16 bits per heavy atom. The third-order valence-corrected chi connectivity index (χ3v) is 3.57. The molecule has 0 radical (unpaired) electrons. The average molecular weight is 280 g/mol. The maximum absolute atomic E-state index is 5.45. The van der Waals surface area contributed by atoms with Gasteiger partial charge in [-0.1, -0.05) is 13.3 Å². The van der Waals surface area contributed by atoms with Crippen LogP contribution in [-0.4, -0.2) is 30.4 Å². The number of nitrogens with zero attached hydrogens (tertiary/aromatic N) is 1. The molecule has 1 atom stereocenters. The van der Waals surface area contributed by atoms with Gasteiger partial charge in [0.1, 0.15) is 5.75 Å². The number of methoxy groups -OCH3 is 2. The largest absolute Gasteiger partial charge is 0.497 e. The van der Waals surface area contributed by atoms with Crippen molar-refractivity contribution in [2.45, 2.75) is 25.8 Å². The SMILES string of the molecule is CCCC(COC)n1c(=S)[nH]c2cc(OC)ccc21. The van der Waals surface area contributed by atoms with Crippen LogP contribution in [0.2, 0.25) is 0 Å². The molecule has 4 nitrogen and oxygen atoms in total. The zero-order chi connectivity index (χ0) is 13.8. The first kappa shape index (κ1) is 14.1. The smallest absolute Gasteiger partial charge is 0.178 e. The minimum Gasteiger partial charge on any atom is -0.497 e. The Hall–Kier alpha value is -1.33. The molecule has 0 aliphatic rings. The third kappa shape index (κ3) is 2.82. The van der Waals surface area contributed by atoms with Gasteiger partial charge in [-0.3, -0.25) is 0 Å². The monoisotopic (exact) mass is 280 g/mol. The molecule has 1 aromatic heterocycles. The number of aromatic amines is 1. The Labute approximate surface area is 118 Å². The number of aromatic nitrogens is 2. The number of imidazole rings is 1. The van der Waals surface area contributed by atoms with E-state index in [-0.39, 0.29) is 6.04 Å². The van der Waals surface area contributed by atoms with E-state index in [4.69, 9.17) is 21.7 Å². The standard InChI is InChI=1S/C14H20N2O2S/c1-4-5-10(9-17-2)16-13-7-6-11(18-3)8-12(13)15-14(16)19/h6-8,10H,4-5,9H2,1-3H3,(H,15,19). The van der Waals surface area contributed by atoms with E-state index in [9.17, 15) is 0 Å². The van der Waals surface area contributed by atoms with Crippen molar-refractivity contribution in [3.63, 3.8) is 0 Å². The van der Waals surface area contributed by atoms with Crippen LogP contribution in [0, 0.1) is 4.77 Å². The number of hydrogen-bond donors (Lipinski definition) is 1. The summed E-state index contributed by atoms with van der Waals surface area (Å²) in [6.07, 6.45) is 2.14. The van der Waals surface area contributed by atoms with Crippen LogP contribution >= 0.6 is 12.2 Å². The third-order valence-electron chi connectivity index (χ3n) is 3.27. The van der Waals surface area contributed by atoms with Crippen molar-refractivity contribution in [3.8, 4) is 5.75 Å². The lowest BCUT2D eigenvalue weighted by Gasteiger charge is -2.18. The molecule has 0 aliphatic carbocycles. The summed E-state index contributed by atoms with van der Waals surface area (Å²) < 4.78 is 13.4. The molecule has 0 fully saturated rings. The highest BCUT2D eigenvalue weighted by Gasteiger charge is 2.15. The molecule has 1 heterocycles. The molecule has 0 aliphatic heterocycles. The molecule has 2 rings (SSSR count). The van der Waals surface area contributed by atoms with E-state index in [1.165, 1.54) is 0 Å². The summed E-state index contributed by atoms with van der Waals surface area (Å²) in [5.41, 5.74) is 2.10. The summed E-state index contributed by atoms with van der Waals surface area (Å²) in [7, 11) is 3.39. The van der Waals surface area contributed by atoms with Crippen LogP contribution in [0.1, 0.15) is 25.8 Å². The maximum atomic E-state index is 5.45. The van der Waals surface area contributed by atoms with Crippen LogP contribution in [0.3, 0.4) is 0 Å². The molecule has 1 N–H and O–H groups in total. The van der Waals surface area contributed by atoms with Crippen LogP contribution < -0.4 is 4.74 Å². The summed E-state index contributed by atoms with van der Waals surface area (Å²) in [4.78, 5) is 3.24. The number of nitrogens with one attached hydrogen (secondary N) is 1. The van der Waals surface area contributed by atoms with E-state index in [0.717, 1.165) is 34.4 Å². The van der Waals surface area contributed by atoms with Gasteiger partial charge in [0.15, 0.2) is 4.77 Å². The van der Waals surface area contributed by atoms with Gasteiger partial charge in [0.05, 0.1) is 30.8 Å². The molecular weight excluding hydrogens is 260 g/mol. The van der Waals surface area contributed by atoms with Crippen LogP contribution in [0.4, 0.5) is 0 Å². The highest BCUT2D eigenvalue weighted by Crippen LogP contribution is 2.25. The van der Waals surface area contributed by atoms with Gasteiger partial charge in [-0.05, 0) is 30.8 Å². The van der Waals surface area contributed by atoms with E-state index in [1.807, 2.05) is 18.2 Å². The lowest BCUT2D eigenvalue weighted by Crippen LogP contribution is -2.14. The molecule has 2 aromatic rings.